The standard InChI is InChI=1S/C13H16O3/c1-10-7-12(16-13(10)14)9-15-8-11-5-3-2-4-6-11/h2-6,10,12H,7-9H2,1H3. The van der Waals surface area contributed by atoms with Crippen LogP contribution in [0.3, 0.4) is 0 Å². The van der Waals surface area contributed by atoms with E-state index in [9.17, 15) is 4.79 Å². The number of carbonyl (C=O) groups is 1. The zero-order chi connectivity index (χ0) is 11.4. The Labute approximate surface area is 95.4 Å². The van der Waals surface area contributed by atoms with E-state index in [4.69, 9.17) is 9.47 Å². The number of rotatable bonds is 4. The van der Waals surface area contributed by atoms with E-state index in [0.29, 0.717) is 13.2 Å². The van der Waals surface area contributed by atoms with Crippen LogP contribution in [-0.4, -0.2) is 18.7 Å². The molecule has 1 aromatic carbocycles. The maximum Gasteiger partial charge on any atom is 0.309 e. The van der Waals surface area contributed by atoms with E-state index in [2.05, 4.69) is 0 Å². The molecule has 3 nitrogen and oxygen atoms in total. The molecule has 1 aliphatic heterocycles. The zero-order valence-corrected chi connectivity index (χ0v) is 9.39. The molecule has 1 fully saturated rings. The van der Waals surface area contributed by atoms with Gasteiger partial charge in [0, 0.05) is 0 Å². The summed E-state index contributed by atoms with van der Waals surface area (Å²) in [6.07, 6.45) is 0.708. The Morgan fingerprint density at radius 3 is 2.75 bits per heavy atom. The number of hydrogen-bond acceptors (Lipinski definition) is 3. The molecule has 86 valence electrons. The van der Waals surface area contributed by atoms with Gasteiger partial charge < -0.3 is 9.47 Å². The fourth-order valence-electron chi connectivity index (χ4n) is 1.80. The monoisotopic (exact) mass is 220 g/mol. The molecule has 1 aromatic rings. The molecule has 0 amide bonds. The van der Waals surface area contributed by atoms with Gasteiger partial charge in [0.05, 0.1) is 19.1 Å². The van der Waals surface area contributed by atoms with Crippen molar-refractivity contribution in [2.45, 2.75) is 26.1 Å². The molecule has 2 atom stereocenters. The Hall–Kier alpha value is -1.35. The smallest absolute Gasteiger partial charge is 0.309 e. The summed E-state index contributed by atoms with van der Waals surface area (Å²) in [5, 5.41) is 0. The van der Waals surface area contributed by atoms with E-state index in [1.54, 1.807) is 0 Å². The first-order valence-corrected chi connectivity index (χ1v) is 5.58. The Balaban J connectivity index is 1.71. The minimum absolute atomic E-state index is 0.0188. The lowest BCUT2D eigenvalue weighted by Crippen LogP contribution is -2.14. The topological polar surface area (TPSA) is 35.5 Å². The van der Waals surface area contributed by atoms with Crippen molar-refractivity contribution < 1.29 is 14.3 Å². The Morgan fingerprint density at radius 1 is 1.38 bits per heavy atom. The van der Waals surface area contributed by atoms with Crippen molar-refractivity contribution in [3.8, 4) is 0 Å². The van der Waals surface area contributed by atoms with Crippen LogP contribution in [0.5, 0.6) is 0 Å². The summed E-state index contributed by atoms with van der Waals surface area (Å²) in [7, 11) is 0. The van der Waals surface area contributed by atoms with Crippen molar-refractivity contribution in [1.82, 2.24) is 0 Å². The van der Waals surface area contributed by atoms with Crippen molar-refractivity contribution in [2.75, 3.05) is 6.61 Å². The fraction of sp³-hybridized carbons (Fsp3) is 0.462. The first-order chi connectivity index (χ1) is 7.75. The number of cyclic esters (lactones) is 1. The lowest BCUT2D eigenvalue weighted by Gasteiger charge is -2.09. The van der Waals surface area contributed by atoms with Gasteiger partial charge in [0.25, 0.3) is 0 Å². The van der Waals surface area contributed by atoms with Crippen LogP contribution in [0, 0.1) is 5.92 Å². The summed E-state index contributed by atoms with van der Waals surface area (Å²) in [5.41, 5.74) is 1.14. The van der Waals surface area contributed by atoms with Gasteiger partial charge in [-0.1, -0.05) is 37.3 Å². The quantitative estimate of drug-likeness (QED) is 0.729. The molecule has 3 heteroatoms. The molecule has 1 heterocycles. The molecule has 0 bridgehead atoms. The molecule has 2 unspecified atom stereocenters. The van der Waals surface area contributed by atoms with Gasteiger partial charge in [0.15, 0.2) is 0 Å². The van der Waals surface area contributed by atoms with Gasteiger partial charge in [-0.15, -0.1) is 0 Å². The zero-order valence-electron chi connectivity index (χ0n) is 9.39. The average Bonchev–Trinajstić information content (AvgIpc) is 2.60. The third kappa shape index (κ3) is 2.83. The van der Waals surface area contributed by atoms with Gasteiger partial charge in [0.1, 0.15) is 6.10 Å². The van der Waals surface area contributed by atoms with E-state index in [-0.39, 0.29) is 18.0 Å². The van der Waals surface area contributed by atoms with E-state index < -0.39 is 0 Å². The predicted molar refractivity (Wildman–Crippen MR) is 59.8 cm³/mol. The maximum absolute atomic E-state index is 11.1. The molecule has 1 saturated heterocycles. The van der Waals surface area contributed by atoms with Crippen molar-refractivity contribution in [3.63, 3.8) is 0 Å². The summed E-state index contributed by atoms with van der Waals surface area (Å²) in [5.74, 6) is -0.0846. The lowest BCUT2D eigenvalue weighted by molar-refractivity contribution is -0.145. The first kappa shape index (κ1) is 11.1. The van der Waals surface area contributed by atoms with E-state index in [1.165, 1.54) is 0 Å². The van der Waals surface area contributed by atoms with Crippen LogP contribution in [0.4, 0.5) is 0 Å². The Morgan fingerprint density at radius 2 is 2.12 bits per heavy atom. The molecule has 0 radical (unpaired) electrons. The Kier molecular flexibility index (Phi) is 3.57. The van der Waals surface area contributed by atoms with Crippen molar-refractivity contribution >= 4 is 5.97 Å². The summed E-state index contributed by atoms with van der Waals surface area (Å²) in [4.78, 5) is 11.1. The molecular weight excluding hydrogens is 204 g/mol. The second kappa shape index (κ2) is 5.12. The maximum atomic E-state index is 11.1. The summed E-state index contributed by atoms with van der Waals surface area (Å²) in [6.45, 7) is 2.95. The third-order valence-electron chi connectivity index (χ3n) is 2.72. The van der Waals surface area contributed by atoms with Crippen molar-refractivity contribution in [3.05, 3.63) is 35.9 Å². The molecule has 0 spiro atoms. The van der Waals surface area contributed by atoms with E-state index in [1.807, 2.05) is 37.3 Å². The SMILES string of the molecule is CC1CC(COCc2ccccc2)OC1=O. The number of hydrogen-bond donors (Lipinski definition) is 0. The van der Waals surface area contributed by atoms with Gasteiger partial charge >= 0.3 is 5.97 Å². The van der Waals surface area contributed by atoms with E-state index >= 15 is 0 Å². The molecule has 0 aliphatic carbocycles. The van der Waals surface area contributed by atoms with Crippen molar-refractivity contribution in [1.29, 1.82) is 0 Å². The minimum Gasteiger partial charge on any atom is -0.460 e. The highest BCUT2D eigenvalue weighted by Crippen LogP contribution is 2.20. The van der Waals surface area contributed by atoms with Crippen LogP contribution in [0.15, 0.2) is 30.3 Å². The first-order valence-electron chi connectivity index (χ1n) is 5.58. The third-order valence-corrected chi connectivity index (χ3v) is 2.72. The normalized spacial score (nSPS) is 24.4. The molecule has 1 aliphatic rings. The van der Waals surface area contributed by atoms with Crippen LogP contribution < -0.4 is 0 Å². The van der Waals surface area contributed by atoms with Crippen LogP contribution >= 0.6 is 0 Å². The van der Waals surface area contributed by atoms with Crippen LogP contribution in [0.25, 0.3) is 0 Å². The minimum atomic E-state index is -0.103. The molecular formula is C13H16O3. The molecule has 16 heavy (non-hydrogen) atoms. The summed E-state index contributed by atoms with van der Waals surface area (Å²) >= 11 is 0. The van der Waals surface area contributed by atoms with Crippen LogP contribution in [0.1, 0.15) is 18.9 Å². The van der Waals surface area contributed by atoms with Gasteiger partial charge in [-0.25, -0.2) is 0 Å². The van der Waals surface area contributed by atoms with Gasteiger partial charge in [-0.05, 0) is 12.0 Å². The molecule has 0 saturated carbocycles. The number of benzene rings is 1. The second-order valence-electron chi connectivity index (χ2n) is 4.20. The lowest BCUT2D eigenvalue weighted by atomic mass is 10.1. The van der Waals surface area contributed by atoms with Crippen LogP contribution in [-0.2, 0) is 20.9 Å². The van der Waals surface area contributed by atoms with Gasteiger partial charge in [-0.3, -0.25) is 4.79 Å². The summed E-state index contributed by atoms with van der Waals surface area (Å²) < 4.78 is 10.7. The number of esters is 1. The number of ether oxygens (including phenoxy) is 2. The van der Waals surface area contributed by atoms with Gasteiger partial charge in [-0.2, -0.15) is 0 Å². The average molecular weight is 220 g/mol. The molecule has 2 rings (SSSR count). The Bertz CT molecular complexity index is 347. The highest BCUT2D eigenvalue weighted by atomic mass is 16.6. The molecule has 0 N–H and O–H groups in total. The largest absolute Gasteiger partial charge is 0.460 e. The van der Waals surface area contributed by atoms with E-state index in [0.717, 1.165) is 12.0 Å². The number of carbonyl (C=O) groups excluding carboxylic acids is 1. The van der Waals surface area contributed by atoms with Crippen molar-refractivity contribution in [2.24, 2.45) is 5.92 Å². The fourth-order valence-corrected chi connectivity index (χ4v) is 1.80. The second-order valence-corrected chi connectivity index (χ2v) is 4.20. The predicted octanol–water partition coefficient (Wildman–Crippen LogP) is 2.15. The van der Waals surface area contributed by atoms with Gasteiger partial charge in [0.2, 0.25) is 0 Å². The summed E-state index contributed by atoms with van der Waals surface area (Å²) in [6, 6.07) is 9.98. The highest BCUT2D eigenvalue weighted by molar-refractivity contribution is 5.74. The molecule has 0 aromatic heterocycles. The van der Waals surface area contributed by atoms with Crippen LogP contribution in [0.2, 0.25) is 0 Å². The highest BCUT2D eigenvalue weighted by Gasteiger charge is 2.30.